The summed E-state index contributed by atoms with van der Waals surface area (Å²) < 4.78 is 5.39. The molecule has 0 spiro atoms. The second kappa shape index (κ2) is 4.63. The quantitative estimate of drug-likeness (QED) is 0.644. The fraction of sp³-hybridized carbons (Fsp3) is 0.111. The van der Waals surface area contributed by atoms with Gasteiger partial charge >= 0.3 is 5.97 Å². The third-order valence-electron chi connectivity index (χ3n) is 1.50. The first-order valence-corrected chi connectivity index (χ1v) is 4.53. The van der Waals surface area contributed by atoms with Crippen LogP contribution in [0, 0.1) is 11.3 Å². The van der Waals surface area contributed by atoms with Crippen LogP contribution < -0.4 is 5.73 Å². The van der Waals surface area contributed by atoms with Crippen LogP contribution in [0.5, 0.6) is 0 Å². The number of halogens is 1. The average molecular weight is 255 g/mol. The number of carbonyl (C=O) groups excluding carboxylic acids is 1. The Morgan fingerprint density at radius 2 is 2.36 bits per heavy atom. The van der Waals surface area contributed by atoms with E-state index in [2.05, 4.69) is 20.7 Å². The number of esters is 1. The summed E-state index contributed by atoms with van der Waals surface area (Å²) in [5.74, 6) is -0.587. The Balaban J connectivity index is 2.86. The second-order valence-corrected chi connectivity index (χ2v) is 3.38. The van der Waals surface area contributed by atoms with Gasteiger partial charge in [-0.2, -0.15) is 5.26 Å². The molecule has 72 valence electrons. The molecular weight excluding hydrogens is 248 g/mol. The number of hydrogen-bond donors (Lipinski definition) is 1. The molecular formula is C9H7BrN2O2. The summed E-state index contributed by atoms with van der Waals surface area (Å²) in [5.41, 5.74) is 6.17. The van der Waals surface area contributed by atoms with Crippen molar-refractivity contribution in [2.45, 2.75) is 0 Å². The van der Waals surface area contributed by atoms with Gasteiger partial charge in [-0.05, 0) is 18.2 Å². The molecule has 0 aliphatic heterocycles. The van der Waals surface area contributed by atoms with Crippen molar-refractivity contribution in [1.29, 1.82) is 5.26 Å². The molecule has 0 aliphatic rings. The summed E-state index contributed by atoms with van der Waals surface area (Å²) in [6.07, 6.45) is 0. The van der Waals surface area contributed by atoms with Crippen molar-refractivity contribution < 1.29 is 9.53 Å². The van der Waals surface area contributed by atoms with Gasteiger partial charge in [0, 0.05) is 10.2 Å². The van der Waals surface area contributed by atoms with Crippen molar-refractivity contribution >= 4 is 27.6 Å². The zero-order chi connectivity index (χ0) is 10.6. The van der Waals surface area contributed by atoms with Gasteiger partial charge in [0.2, 0.25) is 0 Å². The van der Waals surface area contributed by atoms with E-state index < -0.39 is 5.97 Å². The standard InChI is InChI=1S/C9H7BrN2O2/c10-6-1-2-7(8(12)5-6)9(13)14-4-3-11/h1-2,5H,4,12H2. The van der Waals surface area contributed by atoms with Gasteiger partial charge in [0.1, 0.15) is 6.07 Å². The monoisotopic (exact) mass is 254 g/mol. The van der Waals surface area contributed by atoms with Crippen LogP contribution in [0.1, 0.15) is 10.4 Å². The fourth-order valence-electron chi connectivity index (χ4n) is 0.895. The number of benzene rings is 1. The van der Waals surface area contributed by atoms with Crippen molar-refractivity contribution in [3.8, 4) is 6.07 Å². The predicted molar refractivity (Wildman–Crippen MR) is 54.4 cm³/mol. The molecule has 5 heteroatoms. The van der Waals surface area contributed by atoms with Crippen molar-refractivity contribution in [3.05, 3.63) is 28.2 Å². The van der Waals surface area contributed by atoms with E-state index in [1.807, 2.05) is 0 Å². The Kier molecular flexibility index (Phi) is 3.48. The maximum absolute atomic E-state index is 11.3. The van der Waals surface area contributed by atoms with Crippen molar-refractivity contribution in [1.82, 2.24) is 0 Å². The molecule has 0 aromatic heterocycles. The van der Waals surface area contributed by atoms with E-state index in [0.717, 1.165) is 4.47 Å². The number of nitrogens with zero attached hydrogens (tertiary/aromatic N) is 1. The molecule has 0 atom stereocenters. The summed E-state index contributed by atoms with van der Waals surface area (Å²) >= 11 is 3.21. The Morgan fingerprint density at radius 3 is 2.93 bits per heavy atom. The van der Waals surface area contributed by atoms with Crippen LogP contribution in [0.15, 0.2) is 22.7 Å². The SMILES string of the molecule is N#CCOC(=O)c1ccc(Br)cc1N. The Labute approximate surface area is 89.4 Å². The van der Waals surface area contributed by atoms with E-state index in [9.17, 15) is 4.79 Å². The molecule has 0 saturated heterocycles. The molecule has 1 rings (SSSR count). The van der Waals surface area contributed by atoms with Crippen molar-refractivity contribution in [2.75, 3.05) is 12.3 Å². The number of ether oxygens (including phenoxy) is 1. The van der Waals surface area contributed by atoms with Gasteiger partial charge in [-0.3, -0.25) is 0 Å². The van der Waals surface area contributed by atoms with E-state index in [0.29, 0.717) is 5.69 Å². The Bertz CT molecular complexity index is 398. The van der Waals surface area contributed by atoms with Gasteiger partial charge in [0.25, 0.3) is 0 Å². The smallest absolute Gasteiger partial charge is 0.341 e. The lowest BCUT2D eigenvalue weighted by atomic mass is 10.2. The van der Waals surface area contributed by atoms with Gasteiger partial charge in [0.15, 0.2) is 6.61 Å². The van der Waals surface area contributed by atoms with Crippen LogP contribution in [-0.4, -0.2) is 12.6 Å². The maximum Gasteiger partial charge on any atom is 0.341 e. The van der Waals surface area contributed by atoms with Gasteiger partial charge < -0.3 is 10.5 Å². The lowest BCUT2D eigenvalue weighted by molar-refractivity contribution is 0.0556. The third kappa shape index (κ3) is 2.47. The largest absolute Gasteiger partial charge is 0.447 e. The first-order valence-electron chi connectivity index (χ1n) is 3.74. The van der Waals surface area contributed by atoms with Gasteiger partial charge in [-0.1, -0.05) is 15.9 Å². The lowest BCUT2D eigenvalue weighted by Crippen LogP contribution is -2.08. The average Bonchev–Trinajstić information content (AvgIpc) is 2.14. The van der Waals surface area contributed by atoms with Gasteiger partial charge in [0.05, 0.1) is 5.56 Å². The number of carbonyl (C=O) groups is 1. The normalized spacial score (nSPS) is 9.14. The molecule has 0 bridgehead atoms. The molecule has 14 heavy (non-hydrogen) atoms. The molecule has 1 aromatic carbocycles. The number of nitrogens with two attached hydrogens (primary N) is 1. The van der Waals surface area contributed by atoms with Crippen LogP contribution in [0.3, 0.4) is 0 Å². The number of nitriles is 1. The van der Waals surface area contributed by atoms with Crippen LogP contribution in [0.2, 0.25) is 0 Å². The number of nitrogen functional groups attached to an aromatic ring is 1. The van der Waals surface area contributed by atoms with E-state index in [1.165, 1.54) is 0 Å². The van der Waals surface area contributed by atoms with E-state index in [-0.39, 0.29) is 12.2 Å². The molecule has 0 unspecified atom stereocenters. The first-order chi connectivity index (χ1) is 6.65. The maximum atomic E-state index is 11.3. The lowest BCUT2D eigenvalue weighted by Gasteiger charge is -2.03. The van der Waals surface area contributed by atoms with Crippen molar-refractivity contribution in [2.24, 2.45) is 0 Å². The third-order valence-corrected chi connectivity index (χ3v) is 1.99. The zero-order valence-corrected chi connectivity index (χ0v) is 8.74. The molecule has 0 saturated carbocycles. The summed E-state index contributed by atoms with van der Waals surface area (Å²) in [4.78, 5) is 11.3. The second-order valence-electron chi connectivity index (χ2n) is 2.47. The Hall–Kier alpha value is -1.54. The minimum Gasteiger partial charge on any atom is -0.447 e. The summed E-state index contributed by atoms with van der Waals surface area (Å²) in [6, 6.07) is 6.53. The highest BCUT2D eigenvalue weighted by Gasteiger charge is 2.10. The van der Waals surface area contributed by atoms with E-state index in [1.54, 1.807) is 24.3 Å². The highest BCUT2D eigenvalue weighted by molar-refractivity contribution is 9.10. The number of anilines is 1. The topological polar surface area (TPSA) is 76.1 Å². The summed E-state index contributed by atoms with van der Waals surface area (Å²) in [6.45, 7) is -0.270. The minimum atomic E-state index is -0.587. The molecule has 0 heterocycles. The molecule has 0 radical (unpaired) electrons. The fourth-order valence-corrected chi connectivity index (χ4v) is 1.27. The predicted octanol–water partition coefficient (Wildman–Crippen LogP) is 1.71. The number of rotatable bonds is 2. The Morgan fingerprint density at radius 1 is 1.64 bits per heavy atom. The molecule has 1 aromatic rings. The molecule has 0 amide bonds. The molecule has 0 aliphatic carbocycles. The number of hydrogen-bond acceptors (Lipinski definition) is 4. The van der Waals surface area contributed by atoms with E-state index >= 15 is 0 Å². The summed E-state index contributed by atoms with van der Waals surface area (Å²) in [5, 5.41) is 8.21. The van der Waals surface area contributed by atoms with Gasteiger partial charge in [-0.25, -0.2) is 4.79 Å². The van der Waals surface area contributed by atoms with Gasteiger partial charge in [-0.15, -0.1) is 0 Å². The van der Waals surface area contributed by atoms with Crippen LogP contribution >= 0.6 is 15.9 Å². The highest BCUT2D eigenvalue weighted by atomic mass is 79.9. The van der Waals surface area contributed by atoms with E-state index in [4.69, 9.17) is 11.0 Å². The van der Waals surface area contributed by atoms with Crippen LogP contribution in [0.4, 0.5) is 5.69 Å². The highest BCUT2D eigenvalue weighted by Crippen LogP contribution is 2.19. The summed E-state index contributed by atoms with van der Waals surface area (Å²) in [7, 11) is 0. The molecule has 0 fully saturated rings. The molecule has 4 nitrogen and oxygen atoms in total. The van der Waals surface area contributed by atoms with Crippen LogP contribution in [-0.2, 0) is 4.74 Å². The first kappa shape index (κ1) is 10.5. The minimum absolute atomic E-state index is 0.267. The van der Waals surface area contributed by atoms with Crippen molar-refractivity contribution in [3.63, 3.8) is 0 Å². The molecule has 2 N–H and O–H groups in total. The van der Waals surface area contributed by atoms with Crippen LogP contribution in [0.25, 0.3) is 0 Å². The zero-order valence-electron chi connectivity index (χ0n) is 7.16.